The zero-order valence-corrected chi connectivity index (χ0v) is 12.3. The van der Waals surface area contributed by atoms with Gasteiger partial charge in [0, 0.05) is 25.8 Å². The molecular formula is C16H16ClFN2O. The van der Waals surface area contributed by atoms with Gasteiger partial charge in [-0.05, 0) is 29.8 Å². The number of pyridine rings is 1. The van der Waals surface area contributed by atoms with Crippen LogP contribution in [-0.2, 0) is 11.3 Å². The molecule has 2 aromatic rings. The van der Waals surface area contributed by atoms with E-state index in [-0.39, 0.29) is 11.1 Å². The minimum atomic E-state index is -0.401. The summed E-state index contributed by atoms with van der Waals surface area (Å²) in [5.41, 5.74) is 1.95. The molecule has 0 aliphatic carbocycles. The second-order valence-electron chi connectivity index (χ2n) is 5.09. The van der Waals surface area contributed by atoms with E-state index in [1.54, 1.807) is 18.3 Å². The van der Waals surface area contributed by atoms with Crippen LogP contribution in [0.5, 0.6) is 0 Å². The van der Waals surface area contributed by atoms with E-state index in [4.69, 9.17) is 16.3 Å². The molecule has 110 valence electrons. The standard InChI is InChI=1S/C16H16ClFN2O/c17-14-9-12(4-5-15(14)18)16-11-20(7-8-21-16)10-13-3-1-2-6-19-13/h1-6,9,16H,7-8,10-11H2/t16-/m0/s1. The van der Waals surface area contributed by atoms with Crippen molar-refractivity contribution in [2.24, 2.45) is 0 Å². The van der Waals surface area contributed by atoms with E-state index in [0.29, 0.717) is 6.61 Å². The smallest absolute Gasteiger partial charge is 0.141 e. The van der Waals surface area contributed by atoms with Crippen LogP contribution in [-0.4, -0.2) is 29.6 Å². The molecule has 1 aliphatic heterocycles. The lowest BCUT2D eigenvalue weighted by atomic mass is 10.1. The number of rotatable bonds is 3. The Morgan fingerprint density at radius 2 is 2.24 bits per heavy atom. The maximum atomic E-state index is 13.2. The van der Waals surface area contributed by atoms with Gasteiger partial charge in [-0.1, -0.05) is 23.7 Å². The van der Waals surface area contributed by atoms with Gasteiger partial charge in [0.05, 0.1) is 23.4 Å². The van der Waals surface area contributed by atoms with Crippen molar-refractivity contribution in [3.8, 4) is 0 Å². The Morgan fingerprint density at radius 1 is 1.33 bits per heavy atom. The van der Waals surface area contributed by atoms with Crippen molar-refractivity contribution in [2.75, 3.05) is 19.7 Å². The third-order valence-corrected chi connectivity index (χ3v) is 3.87. The van der Waals surface area contributed by atoms with E-state index in [1.807, 2.05) is 18.2 Å². The minimum Gasteiger partial charge on any atom is -0.371 e. The summed E-state index contributed by atoms with van der Waals surface area (Å²) in [4.78, 5) is 6.63. The van der Waals surface area contributed by atoms with Crippen LogP contribution in [0.1, 0.15) is 17.4 Å². The van der Waals surface area contributed by atoms with E-state index in [1.165, 1.54) is 6.07 Å². The van der Waals surface area contributed by atoms with Crippen LogP contribution >= 0.6 is 11.6 Å². The zero-order chi connectivity index (χ0) is 14.7. The molecule has 1 aromatic heterocycles. The summed E-state index contributed by atoms with van der Waals surface area (Å²) >= 11 is 5.85. The van der Waals surface area contributed by atoms with Gasteiger partial charge in [0.15, 0.2) is 0 Å². The van der Waals surface area contributed by atoms with E-state index in [0.717, 1.165) is 30.9 Å². The minimum absolute atomic E-state index is 0.0828. The van der Waals surface area contributed by atoms with Crippen molar-refractivity contribution in [1.82, 2.24) is 9.88 Å². The van der Waals surface area contributed by atoms with Crippen molar-refractivity contribution in [3.63, 3.8) is 0 Å². The van der Waals surface area contributed by atoms with Crippen molar-refractivity contribution < 1.29 is 9.13 Å². The third-order valence-electron chi connectivity index (χ3n) is 3.58. The second kappa shape index (κ2) is 6.52. The molecule has 0 saturated carbocycles. The number of nitrogens with zero attached hydrogens (tertiary/aromatic N) is 2. The fourth-order valence-electron chi connectivity index (χ4n) is 2.48. The molecule has 0 spiro atoms. The second-order valence-corrected chi connectivity index (χ2v) is 5.50. The van der Waals surface area contributed by atoms with E-state index in [9.17, 15) is 4.39 Å². The van der Waals surface area contributed by atoms with Crippen molar-refractivity contribution >= 4 is 11.6 Å². The first-order valence-corrected chi connectivity index (χ1v) is 7.29. The number of benzene rings is 1. The van der Waals surface area contributed by atoms with Crippen LogP contribution in [0.3, 0.4) is 0 Å². The highest BCUT2D eigenvalue weighted by atomic mass is 35.5. The highest BCUT2D eigenvalue weighted by Crippen LogP contribution is 2.26. The van der Waals surface area contributed by atoms with Gasteiger partial charge in [-0.2, -0.15) is 0 Å². The molecule has 0 unspecified atom stereocenters. The molecule has 0 radical (unpaired) electrons. The first-order valence-electron chi connectivity index (χ1n) is 6.91. The van der Waals surface area contributed by atoms with Gasteiger partial charge >= 0.3 is 0 Å². The molecule has 0 bridgehead atoms. The molecule has 1 aliphatic rings. The number of ether oxygens (including phenoxy) is 1. The molecular weight excluding hydrogens is 291 g/mol. The predicted octanol–water partition coefficient (Wildman–Crippen LogP) is 3.45. The SMILES string of the molecule is Fc1ccc([C@@H]2CN(Cc3ccccn3)CCO2)cc1Cl. The summed E-state index contributed by atoms with van der Waals surface area (Å²) in [6, 6.07) is 10.7. The molecule has 1 aromatic carbocycles. The highest BCUT2D eigenvalue weighted by molar-refractivity contribution is 6.30. The molecule has 3 rings (SSSR count). The Balaban J connectivity index is 1.69. The van der Waals surface area contributed by atoms with Crippen LogP contribution in [0.2, 0.25) is 5.02 Å². The van der Waals surface area contributed by atoms with Gasteiger partial charge in [0.2, 0.25) is 0 Å². The average Bonchev–Trinajstić information content (AvgIpc) is 2.51. The van der Waals surface area contributed by atoms with Crippen LogP contribution in [0.4, 0.5) is 4.39 Å². The van der Waals surface area contributed by atoms with Gasteiger partial charge in [0.25, 0.3) is 0 Å². The number of hydrogen-bond acceptors (Lipinski definition) is 3. The van der Waals surface area contributed by atoms with E-state index < -0.39 is 5.82 Å². The van der Waals surface area contributed by atoms with Crippen molar-refractivity contribution in [3.05, 3.63) is 64.7 Å². The summed E-state index contributed by atoms with van der Waals surface area (Å²) in [5.74, 6) is -0.401. The summed E-state index contributed by atoms with van der Waals surface area (Å²) in [7, 11) is 0. The van der Waals surface area contributed by atoms with Gasteiger partial charge in [-0.15, -0.1) is 0 Å². The normalized spacial score (nSPS) is 19.6. The van der Waals surface area contributed by atoms with Gasteiger partial charge < -0.3 is 4.74 Å². The Morgan fingerprint density at radius 3 is 3.00 bits per heavy atom. The fourth-order valence-corrected chi connectivity index (χ4v) is 2.67. The Labute approximate surface area is 128 Å². The predicted molar refractivity (Wildman–Crippen MR) is 79.6 cm³/mol. The largest absolute Gasteiger partial charge is 0.371 e. The summed E-state index contributed by atoms with van der Waals surface area (Å²) in [5, 5.41) is 0.137. The summed E-state index contributed by atoms with van der Waals surface area (Å²) in [6.45, 7) is 3.04. The molecule has 21 heavy (non-hydrogen) atoms. The van der Waals surface area contributed by atoms with Crippen molar-refractivity contribution in [1.29, 1.82) is 0 Å². The number of morpholine rings is 1. The molecule has 1 fully saturated rings. The molecule has 3 nitrogen and oxygen atoms in total. The van der Waals surface area contributed by atoms with Crippen LogP contribution in [0.15, 0.2) is 42.6 Å². The molecule has 1 saturated heterocycles. The average molecular weight is 307 g/mol. The lowest BCUT2D eigenvalue weighted by Gasteiger charge is -2.33. The first kappa shape index (κ1) is 14.4. The number of hydrogen-bond donors (Lipinski definition) is 0. The molecule has 5 heteroatoms. The fraction of sp³-hybridized carbons (Fsp3) is 0.312. The van der Waals surface area contributed by atoms with Crippen LogP contribution in [0.25, 0.3) is 0 Å². The monoisotopic (exact) mass is 306 g/mol. The topological polar surface area (TPSA) is 25.4 Å². The summed E-state index contributed by atoms with van der Waals surface area (Å²) in [6.07, 6.45) is 1.72. The van der Waals surface area contributed by atoms with Crippen molar-refractivity contribution in [2.45, 2.75) is 12.6 Å². The maximum absolute atomic E-state index is 13.2. The van der Waals surface area contributed by atoms with Gasteiger partial charge in [-0.3, -0.25) is 9.88 Å². The Kier molecular flexibility index (Phi) is 4.48. The maximum Gasteiger partial charge on any atom is 0.141 e. The quantitative estimate of drug-likeness (QED) is 0.868. The van der Waals surface area contributed by atoms with Crippen LogP contribution < -0.4 is 0 Å². The zero-order valence-electron chi connectivity index (χ0n) is 11.5. The molecule has 1 atom stereocenters. The number of aromatic nitrogens is 1. The first-order chi connectivity index (χ1) is 10.2. The lowest BCUT2D eigenvalue weighted by molar-refractivity contribution is -0.0333. The lowest BCUT2D eigenvalue weighted by Crippen LogP contribution is -2.38. The molecule has 0 N–H and O–H groups in total. The number of halogens is 2. The van der Waals surface area contributed by atoms with Gasteiger partial charge in [0.1, 0.15) is 5.82 Å². The molecule has 2 heterocycles. The highest BCUT2D eigenvalue weighted by Gasteiger charge is 2.22. The van der Waals surface area contributed by atoms with E-state index >= 15 is 0 Å². The summed E-state index contributed by atoms with van der Waals surface area (Å²) < 4.78 is 19.0. The Bertz CT molecular complexity index is 608. The van der Waals surface area contributed by atoms with Gasteiger partial charge in [-0.25, -0.2) is 4.39 Å². The third kappa shape index (κ3) is 3.59. The van der Waals surface area contributed by atoms with Crippen LogP contribution in [0, 0.1) is 5.82 Å². The molecule has 0 amide bonds. The Hall–Kier alpha value is -1.49. The van der Waals surface area contributed by atoms with E-state index in [2.05, 4.69) is 9.88 Å².